The van der Waals surface area contributed by atoms with Gasteiger partial charge >= 0.3 is 6.09 Å². The van der Waals surface area contributed by atoms with Crippen LogP contribution in [0, 0.1) is 0 Å². The van der Waals surface area contributed by atoms with E-state index >= 15 is 0 Å². The summed E-state index contributed by atoms with van der Waals surface area (Å²) < 4.78 is 28.0. The zero-order chi connectivity index (χ0) is 20.3. The minimum absolute atomic E-state index is 0.0403. The van der Waals surface area contributed by atoms with E-state index in [1.807, 2.05) is 19.9 Å². The summed E-state index contributed by atoms with van der Waals surface area (Å²) in [6.45, 7) is 3.77. The Balaban J connectivity index is 1.56. The van der Waals surface area contributed by atoms with Gasteiger partial charge in [-0.25, -0.2) is 23.3 Å². The molecule has 5 N–H and O–H groups in total. The molecule has 1 saturated carbocycles. The highest BCUT2D eigenvalue weighted by molar-refractivity contribution is 7.89. The van der Waals surface area contributed by atoms with E-state index in [1.165, 1.54) is 18.3 Å². The highest BCUT2D eigenvalue weighted by Crippen LogP contribution is 2.36. The van der Waals surface area contributed by atoms with Crippen molar-refractivity contribution in [2.75, 3.05) is 5.32 Å². The molecule has 152 valence electrons. The largest absolute Gasteiger partial charge is 0.446 e. The number of nitrogens with zero attached hydrogens (tertiary/aromatic N) is 2. The Hall–Kier alpha value is -2.66. The van der Waals surface area contributed by atoms with Crippen molar-refractivity contribution in [3.63, 3.8) is 0 Å². The van der Waals surface area contributed by atoms with E-state index in [4.69, 9.17) is 9.88 Å². The van der Waals surface area contributed by atoms with Crippen LogP contribution in [0.3, 0.4) is 0 Å². The number of nitrogens with two attached hydrogens (primary N) is 1. The number of nitrogens with one attached hydrogen (secondary N) is 3. The van der Waals surface area contributed by atoms with Crippen LogP contribution in [0.5, 0.6) is 0 Å². The van der Waals surface area contributed by atoms with E-state index in [1.54, 1.807) is 0 Å². The fourth-order valence-corrected chi connectivity index (χ4v) is 3.57. The maximum atomic E-state index is 11.7. The standard InChI is InChI=1S/C17H24N6O4S/c1-10(2)20-17(24)27-12-4-3-11(7-12)14-8-16(23-22-14)21-15-6-5-13(9-19-15)28(18,25)26/h5-6,8-12H,3-4,7H2,1-2H3,(H,20,24)(H2,18,25,26)(H2,19,21,22,23)/t11-,12+/m0/s1. The Morgan fingerprint density at radius 3 is 2.75 bits per heavy atom. The average molecular weight is 408 g/mol. The van der Waals surface area contributed by atoms with Gasteiger partial charge in [0.1, 0.15) is 16.8 Å². The first-order chi connectivity index (χ1) is 13.2. The van der Waals surface area contributed by atoms with E-state index in [0.29, 0.717) is 11.6 Å². The maximum Gasteiger partial charge on any atom is 0.407 e. The van der Waals surface area contributed by atoms with Gasteiger partial charge < -0.3 is 15.4 Å². The van der Waals surface area contributed by atoms with Crippen LogP contribution in [0.25, 0.3) is 0 Å². The smallest absolute Gasteiger partial charge is 0.407 e. The molecule has 1 aliphatic carbocycles. The number of anilines is 2. The van der Waals surface area contributed by atoms with Gasteiger partial charge in [-0.1, -0.05) is 0 Å². The molecule has 2 heterocycles. The normalized spacial score (nSPS) is 19.6. The fraction of sp³-hybridized carbons (Fsp3) is 0.471. The van der Waals surface area contributed by atoms with Crippen molar-refractivity contribution < 1.29 is 17.9 Å². The predicted octanol–water partition coefficient (Wildman–Crippen LogP) is 1.97. The Morgan fingerprint density at radius 2 is 2.11 bits per heavy atom. The van der Waals surface area contributed by atoms with Crippen LogP contribution in [0.1, 0.15) is 44.7 Å². The summed E-state index contributed by atoms with van der Waals surface area (Å²) >= 11 is 0. The molecule has 28 heavy (non-hydrogen) atoms. The van der Waals surface area contributed by atoms with Crippen molar-refractivity contribution in [2.45, 2.75) is 56.1 Å². The second-order valence-electron chi connectivity index (χ2n) is 7.09. The van der Waals surface area contributed by atoms with Crippen LogP contribution in [0.15, 0.2) is 29.3 Å². The number of amides is 1. The number of primary sulfonamides is 1. The molecule has 0 radical (unpaired) electrons. The molecule has 2 aromatic heterocycles. The lowest BCUT2D eigenvalue weighted by Gasteiger charge is -2.14. The summed E-state index contributed by atoms with van der Waals surface area (Å²) in [5, 5.41) is 18.0. The number of H-pyrrole nitrogens is 1. The molecule has 2 atom stereocenters. The van der Waals surface area contributed by atoms with E-state index in [9.17, 15) is 13.2 Å². The third-order valence-electron chi connectivity index (χ3n) is 4.42. The number of pyridine rings is 1. The number of aromatic amines is 1. The van der Waals surface area contributed by atoms with Crippen molar-refractivity contribution in [1.82, 2.24) is 20.5 Å². The first-order valence-corrected chi connectivity index (χ1v) is 10.5. The van der Waals surface area contributed by atoms with Crippen molar-refractivity contribution in [2.24, 2.45) is 5.14 Å². The molecule has 1 aliphatic rings. The first kappa shape index (κ1) is 20.1. The lowest BCUT2D eigenvalue weighted by Crippen LogP contribution is -2.33. The summed E-state index contributed by atoms with van der Waals surface area (Å²) in [4.78, 5) is 15.7. The van der Waals surface area contributed by atoms with Crippen LogP contribution in [0.2, 0.25) is 0 Å². The maximum absolute atomic E-state index is 11.7. The minimum Gasteiger partial charge on any atom is -0.446 e. The zero-order valence-corrected chi connectivity index (χ0v) is 16.5. The third-order valence-corrected chi connectivity index (χ3v) is 5.32. The number of rotatable bonds is 6. The lowest BCUT2D eigenvalue weighted by atomic mass is 10.0. The van der Waals surface area contributed by atoms with E-state index in [-0.39, 0.29) is 29.1 Å². The Morgan fingerprint density at radius 1 is 1.32 bits per heavy atom. The van der Waals surface area contributed by atoms with E-state index < -0.39 is 10.0 Å². The van der Waals surface area contributed by atoms with Gasteiger partial charge in [-0.15, -0.1) is 0 Å². The molecule has 11 heteroatoms. The average Bonchev–Trinajstić information content (AvgIpc) is 3.23. The SMILES string of the molecule is CC(C)NC(=O)O[C@@H]1CC[C@H](c2cc(Nc3ccc(S(N)(=O)=O)cn3)n[nH]2)C1. The number of carbonyl (C=O) groups is 1. The van der Waals surface area contributed by atoms with Crippen molar-refractivity contribution in [1.29, 1.82) is 0 Å². The molecular formula is C17H24N6O4S. The predicted molar refractivity (Wildman–Crippen MR) is 103 cm³/mol. The molecule has 0 aromatic carbocycles. The summed E-state index contributed by atoms with van der Waals surface area (Å²) in [7, 11) is -3.77. The first-order valence-electron chi connectivity index (χ1n) is 8.99. The summed E-state index contributed by atoms with van der Waals surface area (Å²) in [6, 6.07) is 4.80. The molecule has 1 amide bonds. The molecule has 0 saturated heterocycles. The Kier molecular flexibility index (Phi) is 5.84. The highest BCUT2D eigenvalue weighted by atomic mass is 32.2. The van der Waals surface area contributed by atoms with Gasteiger partial charge in [-0.05, 0) is 45.2 Å². The molecule has 0 spiro atoms. The molecule has 2 aromatic rings. The van der Waals surface area contributed by atoms with Crippen LogP contribution in [-0.4, -0.2) is 41.8 Å². The minimum atomic E-state index is -3.77. The fourth-order valence-electron chi connectivity index (χ4n) is 3.11. The van der Waals surface area contributed by atoms with Gasteiger partial charge in [0.25, 0.3) is 0 Å². The number of carbonyl (C=O) groups excluding carboxylic acids is 1. The number of aromatic nitrogens is 3. The van der Waals surface area contributed by atoms with Gasteiger partial charge in [-0.3, -0.25) is 5.10 Å². The van der Waals surface area contributed by atoms with Crippen LogP contribution in [-0.2, 0) is 14.8 Å². The van der Waals surface area contributed by atoms with E-state index in [0.717, 1.165) is 25.0 Å². The van der Waals surface area contributed by atoms with Gasteiger partial charge in [0.2, 0.25) is 10.0 Å². The van der Waals surface area contributed by atoms with Crippen LogP contribution in [0.4, 0.5) is 16.4 Å². The van der Waals surface area contributed by atoms with Crippen molar-refractivity contribution in [3.8, 4) is 0 Å². The topological polar surface area (TPSA) is 152 Å². The number of sulfonamides is 1. The third kappa shape index (κ3) is 5.20. The summed E-state index contributed by atoms with van der Waals surface area (Å²) in [6.07, 6.45) is 3.11. The molecule has 0 bridgehead atoms. The Labute approximate surface area is 163 Å². The van der Waals surface area contributed by atoms with Crippen molar-refractivity contribution in [3.05, 3.63) is 30.1 Å². The van der Waals surface area contributed by atoms with Gasteiger partial charge in [0.15, 0.2) is 5.82 Å². The number of ether oxygens (including phenoxy) is 1. The lowest BCUT2D eigenvalue weighted by molar-refractivity contribution is 0.0981. The Bertz CT molecular complexity index is 925. The quantitative estimate of drug-likeness (QED) is 0.570. The summed E-state index contributed by atoms with van der Waals surface area (Å²) in [5.74, 6) is 1.23. The van der Waals surface area contributed by atoms with Gasteiger partial charge in [-0.2, -0.15) is 5.10 Å². The molecular weight excluding hydrogens is 384 g/mol. The second kappa shape index (κ2) is 8.15. The number of alkyl carbamates (subject to hydrolysis) is 1. The van der Waals surface area contributed by atoms with Gasteiger partial charge in [0.05, 0.1) is 0 Å². The molecule has 1 fully saturated rings. The monoisotopic (exact) mass is 408 g/mol. The van der Waals surface area contributed by atoms with Crippen LogP contribution < -0.4 is 15.8 Å². The highest BCUT2D eigenvalue weighted by Gasteiger charge is 2.30. The summed E-state index contributed by atoms with van der Waals surface area (Å²) in [5.41, 5.74) is 0.944. The van der Waals surface area contributed by atoms with Crippen molar-refractivity contribution >= 4 is 27.8 Å². The number of hydrogen-bond donors (Lipinski definition) is 4. The van der Waals surface area contributed by atoms with Gasteiger partial charge in [0, 0.05) is 29.9 Å². The van der Waals surface area contributed by atoms with Crippen LogP contribution >= 0.6 is 0 Å². The number of hydrogen-bond acceptors (Lipinski definition) is 7. The molecule has 10 nitrogen and oxygen atoms in total. The van der Waals surface area contributed by atoms with E-state index in [2.05, 4.69) is 25.8 Å². The molecule has 0 unspecified atom stereocenters. The molecule has 0 aliphatic heterocycles. The molecule has 3 rings (SSSR count). The second-order valence-corrected chi connectivity index (χ2v) is 8.66. The zero-order valence-electron chi connectivity index (χ0n) is 15.7.